The van der Waals surface area contributed by atoms with Crippen LogP contribution in [0, 0.1) is 30.5 Å². The molecular formula is C57H57FN16O5. The van der Waals surface area contributed by atoms with Crippen molar-refractivity contribution in [1.82, 2.24) is 59.3 Å². The Balaban J connectivity index is 0.584. The van der Waals surface area contributed by atoms with Crippen LogP contribution in [-0.4, -0.2) is 148 Å². The molecule has 4 fully saturated rings. The molecule has 0 bridgehead atoms. The fourth-order valence-electron chi connectivity index (χ4n) is 11.5. The molecule has 10 heterocycles. The van der Waals surface area contributed by atoms with Crippen molar-refractivity contribution < 1.29 is 28.4 Å². The molecule has 0 saturated carbocycles. The van der Waals surface area contributed by atoms with Crippen LogP contribution in [0.4, 0.5) is 27.4 Å². The number of hydrogen-bond donors (Lipinski definition) is 3. The third kappa shape index (κ3) is 10.2. The third-order valence-electron chi connectivity index (χ3n) is 15.7. The predicted octanol–water partition coefficient (Wildman–Crippen LogP) is 4.77. The van der Waals surface area contributed by atoms with Gasteiger partial charge in [-0.05, 0) is 93.5 Å². The number of rotatable bonds is 11. The first-order chi connectivity index (χ1) is 38.4. The maximum absolute atomic E-state index is 15.9. The lowest BCUT2D eigenvalue weighted by atomic mass is 9.94. The molecule has 1 unspecified atom stereocenters. The maximum Gasteiger partial charge on any atom is 0.264 e. The first-order valence-corrected chi connectivity index (χ1v) is 26.7. The number of imide groups is 2. The Bertz CT molecular complexity index is 3620. The van der Waals surface area contributed by atoms with Gasteiger partial charge in [0.05, 0.1) is 59.4 Å². The van der Waals surface area contributed by atoms with Crippen molar-refractivity contribution in [1.29, 1.82) is 0 Å². The SMILES string of the molecule is Cc1nc2ccc(-c3ccnc(N)c3)nc2n1-c1ccc(N2CCN(CC#Cc3cncc(N4CCC(C(=O)N5CCC(n6cc(CNc7cccc8c7C(=O)N(C7CCC(=O)NC7=O)C8=O)cn6)CC5)CC4)n3)CC2)c(F)c1. The number of carbonyl (C=O) groups excluding carboxylic acids is 5. The molecule has 0 spiro atoms. The third-order valence-corrected chi connectivity index (χ3v) is 15.7. The summed E-state index contributed by atoms with van der Waals surface area (Å²) in [6.45, 7) is 8.17. The van der Waals surface area contributed by atoms with E-state index in [-0.39, 0.29) is 47.7 Å². The Labute approximate surface area is 454 Å². The fraction of sp³-hybridized carbons (Fsp3) is 0.351. The number of aromatic nitrogens is 8. The Morgan fingerprint density at radius 2 is 1.67 bits per heavy atom. The molecule has 22 heteroatoms. The van der Waals surface area contributed by atoms with Crippen molar-refractivity contribution in [3.05, 3.63) is 126 Å². The minimum absolute atomic E-state index is 0.0504. The quantitative estimate of drug-likeness (QED) is 0.117. The van der Waals surface area contributed by atoms with Gasteiger partial charge in [0.25, 0.3) is 11.8 Å². The number of nitrogens with one attached hydrogen (secondary N) is 2. The molecule has 4 saturated heterocycles. The second-order valence-electron chi connectivity index (χ2n) is 20.6. The Kier molecular flexibility index (Phi) is 13.7. The number of amides is 5. The Morgan fingerprint density at radius 1 is 0.848 bits per heavy atom. The van der Waals surface area contributed by atoms with Gasteiger partial charge < -0.3 is 25.8 Å². The largest absolute Gasteiger partial charge is 0.384 e. The van der Waals surface area contributed by atoms with E-state index in [0.717, 1.165) is 66.3 Å². The van der Waals surface area contributed by atoms with E-state index in [4.69, 9.17) is 15.7 Å². The minimum Gasteiger partial charge on any atom is -0.384 e. The molecular weight excluding hydrogens is 1010 g/mol. The zero-order chi connectivity index (χ0) is 54.3. The van der Waals surface area contributed by atoms with Crippen molar-refractivity contribution in [3.8, 4) is 28.8 Å². The van der Waals surface area contributed by atoms with Gasteiger partial charge in [0.1, 0.15) is 40.5 Å². The monoisotopic (exact) mass is 1060 g/mol. The topological polar surface area (TPSA) is 239 Å². The van der Waals surface area contributed by atoms with Crippen LogP contribution < -0.4 is 26.2 Å². The molecule has 2 aromatic carbocycles. The van der Waals surface area contributed by atoms with E-state index >= 15 is 4.39 Å². The summed E-state index contributed by atoms with van der Waals surface area (Å²) in [5.41, 5.74) is 12.4. The van der Waals surface area contributed by atoms with E-state index in [1.165, 1.54) is 0 Å². The van der Waals surface area contributed by atoms with E-state index < -0.39 is 29.7 Å². The number of halogens is 1. The summed E-state index contributed by atoms with van der Waals surface area (Å²) in [6, 6.07) is 16.8. The van der Waals surface area contributed by atoms with Crippen LogP contribution in [0.1, 0.15) is 82.4 Å². The number of likely N-dealkylation sites (tertiary alicyclic amines) is 1. The Morgan fingerprint density at radius 3 is 2.46 bits per heavy atom. The van der Waals surface area contributed by atoms with E-state index in [9.17, 15) is 24.0 Å². The standard InChI is InChI=1S/C57H57FN16O5/c1-35-64-46-9-8-44(38-13-18-61-49(59)28-38)66-53(46)73(35)41-7-10-47(43(58)29-41)69-26-24-68(25-27-69)19-3-4-39-32-60-33-50(65-39)70-20-14-37(15-21-70)55(77)71-22-16-40(17-23-71)72-34-36(31-63-72)30-62-45-6-2-5-42-52(45)57(79)74(56(42)78)48-11-12-51(75)67-54(48)76/h2,5-10,13,18,28-29,31-34,37,40,48,62H,11-12,14-17,19-27,30H2,1H3,(H2,59,61)(H,67,75,76). The van der Waals surface area contributed by atoms with Gasteiger partial charge in [0, 0.05) is 107 Å². The van der Waals surface area contributed by atoms with Crippen LogP contribution in [0.25, 0.3) is 28.1 Å². The second-order valence-corrected chi connectivity index (χ2v) is 20.6. The molecule has 0 aliphatic carbocycles. The van der Waals surface area contributed by atoms with Crippen LogP contribution in [0.3, 0.4) is 0 Å². The van der Waals surface area contributed by atoms with Crippen molar-refractivity contribution in [2.45, 2.75) is 64.1 Å². The van der Waals surface area contributed by atoms with Crippen molar-refractivity contribution in [2.24, 2.45) is 5.92 Å². The first kappa shape index (κ1) is 50.7. The summed E-state index contributed by atoms with van der Waals surface area (Å²) in [4.78, 5) is 97.3. The van der Waals surface area contributed by atoms with E-state index in [1.807, 2.05) is 57.6 Å². The number of fused-ring (bicyclic) bond motifs is 2. The molecule has 5 aromatic heterocycles. The zero-order valence-electron chi connectivity index (χ0n) is 43.5. The molecule has 5 aliphatic heterocycles. The number of pyridine rings is 2. The Hall–Kier alpha value is -9.10. The number of aryl methyl sites for hydroxylation is 1. The summed E-state index contributed by atoms with van der Waals surface area (Å²) >= 11 is 0. The highest BCUT2D eigenvalue weighted by Crippen LogP contribution is 2.34. The molecule has 7 aromatic rings. The molecule has 5 aliphatic rings. The smallest absolute Gasteiger partial charge is 0.264 e. The number of imidazole rings is 1. The van der Waals surface area contributed by atoms with Gasteiger partial charge in [-0.15, -0.1) is 0 Å². The number of nitrogens with two attached hydrogens (primary N) is 1. The fourth-order valence-corrected chi connectivity index (χ4v) is 11.5. The van der Waals surface area contributed by atoms with Crippen LogP contribution in [-0.2, 0) is 20.9 Å². The lowest BCUT2D eigenvalue weighted by molar-refractivity contribution is -0.138. The van der Waals surface area contributed by atoms with Gasteiger partial charge in [0.2, 0.25) is 17.7 Å². The van der Waals surface area contributed by atoms with Crippen molar-refractivity contribution >= 4 is 63.7 Å². The average molecular weight is 1070 g/mol. The average Bonchev–Trinajstić information content (AvgIpc) is 4.32. The van der Waals surface area contributed by atoms with Gasteiger partial charge in [0.15, 0.2) is 5.65 Å². The minimum atomic E-state index is -1.04. The lowest BCUT2D eigenvalue weighted by Crippen LogP contribution is -2.54. The van der Waals surface area contributed by atoms with E-state index in [1.54, 1.807) is 55.1 Å². The molecule has 21 nitrogen and oxygen atoms in total. The normalized spacial score (nSPS) is 18.5. The lowest BCUT2D eigenvalue weighted by Gasteiger charge is -2.37. The van der Waals surface area contributed by atoms with E-state index in [2.05, 4.69) is 57.2 Å². The summed E-state index contributed by atoms with van der Waals surface area (Å²) in [5.74, 6) is 5.93. The van der Waals surface area contributed by atoms with Gasteiger partial charge in [-0.1, -0.05) is 12.0 Å². The van der Waals surface area contributed by atoms with Crippen LogP contribution >= 0.6 is 0 Å². The molecule has 0 radical (unpaired) electrons. The highest BCUT2D eigenvalue weighted by Gasteiger charge is 2.45. The number of benzene rings is 2. The summed E-state index contributed by atoms with van der Waals surface area (Å²) in [6.07, 6.45) is 11.9. The van der Waals surface area contributed by atoms with Crippen molar-refractivity contribution in [3.63, 3.8) is 0 Å². The number of nitrogen functional groups attached to an aromatic ring is 1. The number of carbonyl (C=O) groups is 5. The van der Waals surface area contributed by atoms with Crippen molar-refractivity contribution in [2.75, 3.05) is 79.8 Å². The number of anilines is 4. The zero-order valence-corrected chi connectivity index (χ0v) is 43.5. The van der Waals surface area contributed by atoms with Gasteiger partial charge in [-0.3, -0.25) is 53.3 Å². The van der Waals surface area contributed by atoms with Crippen LogP contribution in [0.2, 0.25) is 0 Å². The molecule has 1 atom stereocenters. The highest BCUT2D eigenvalue weighted by molar-refractivity contribution is 6.25. The molecule has 12 rings (SSSR count). The van der Waals surface area contributed by atoms with Crippen LogP contribution in [0.5, 0.6) is 0 Å². The number of nitrogens with zero attached hydrogens (tertiary/aromatic N) is 13. The molecule has 79 heavy (non-hydrogen) atoms. The van der Waals surface area contributed by atoms with Gasteiger partial charge in [-0.25, -0.2) is 24.3 Å². The first-order valence-electron chi connectivity index (χ1n) is 26.7. The summed E-state index contributed by atoms with van der Waals surface area (Å²) in [7, 11) is 0. The maximum atomic E-state index is 15.9. The molecule has 402 valence electrons. The predicted molar refractivity (Wildman–Crippen MR) is 291 cm³/mol. The summed E-state index contributed by atoms with van der Waals surface area (Å²) in [5, 5.41) is 10.2. The van der Waals surface area contributed by atoms with E-state index in [0.29, 0.717) is 97.9 Å². The number of hydrogen-bond acceptors (Lipinski definition) is 16. The number of piperidine rings is 3. The summed E-state index contributed by atoms with van der Waals surface area (Å²) < 4.78 is 19.7. The second kappa shape index (κ2) is 21.4. The van der Waals surface area contributed by atoms with Gasteiger partial charge >= 0.3 is 0 Å². The highest BCUT2D eigenvalue weighted by atomic mass is 19.1. The van der Waals surface area contributed by atoms with Gasteiger partial charge in [-0.2, -0.15) is 5.10 Å². The number of piperazine rings is 1. The molecule has 4 N–H and O–H groups in total. The molecule has 5 amide bonds. The van der Waals surface area contributed by atoms with Crippen LogP contribution in [0.15, 0.2) is 91.6 Å².